The molecule has 1 heterocycles. The van der Waals surface area contributed by atoms with Crippen LogP contribution in [0.4, 0.5) is 4.79 Å². The summed E-state index contributed by atoms with van der Waals surface area (Å²) in [5.74, 6) is 0.824. The van der Waals surface area contributed by atoms with Crippen molar-refractivity contribution in [3.63, 3.8) is 0 Å². The number of carbonyl (C=O) groups is 1. The standard InChI is InChI=1S/C23H48N6O2.HI/c1-7-9-12-20(19-26-22(30)31-23(3,4)5)27-21(24-8-2)25-13-10-15-29-16-11-14-28(6)17-18-29;/h20H,7-19H2,1-6H3,(H,26,30)(H2,24,25,27);1H. The van der Waals surface area contributed by atoms with Crippen LogP contribution >= 0.6 is 24.0 Å². The zero-order valence-electron chi connectivity index (χ0n) is 21.3. The molecule has 1 rings (SSSR count). The lowest BCUT2D eigenvalue weighted by Crippen LogP contribution is -2.49. The molecule has 0 spiro atoms. The van der Waals surface area contributed by atoms with Crippen LogP contribution < -0.4 is 16.0 Å². The number of likely N-dealkylation sites (N-methyl/N-ethyl adjacent to an activating group) is 1. The van der Waals surface area contributed by atoms with Crippen molar-refractivity contribution in [3.8, 4) is 0 Å². The molecule has 8 nitrogen and oxygen atoms in total. The van der Waals surface area contributed by atoms with Gasteiger partial charge in [0.25, 0.3) is 0 Å². The van der Waals surface area contributed by atoms with E-state index in [2.05, 4.69) is 46.6 Å². The van der Waals surface area contributed by atoms with Gasteiger partial charge in [0.15, 0.2) is 5.96 Å². The molecule has 1 amide bonds. The maximum atomic E-state index is 12.0. The van der Waals surface area contributed by atoms with Crippen molar-refractivity contribution < 1.29 is 9.53 Å². The number of aliphatic imine (C=N–C) groups is 1. The van der Waals surface area contributed by atoms with E-state index in [0.717, 1.165) is 64.4 Å². The first kappa shape index (κ1) is 31.2. The number of rotatable bonds is 11. The summed E-state index contributed by atoms with van der Waals surface area (Å²) in [4.78, 5) is 21.8. The van der Waals surface area contributed by atoms with Gasteiger partial charge in [0.05, 0.1) is 0 Å². The monoisotopic (exact) mass is 568 g/mol. The predicted molar refractivity (Wildman–Crippen MR) is 145 cm³/mol. The van der Waals surface area contributed by atoms with Crippen LogP contribution in [0, 0.1) is 0 Å². The van der Waals surface area contributed by atoms with E-state index in [1.165, 1.54) is 19.5 Å². The summed E-state index contributed by atoms with van der Waals surface area (Å²) in [7, 11) is 2.20. The molecule has 1 aliphatic heterocycles. The second kappa shape index (κ2) is 17.6. The number of hydrogen-bond donors (Lipinski definition) is 3. The Hall–Kier alpha value is -0.810. The highest BCUT2D eigenvalue weighted by atomic mass is 127. The van der Waals surface area contributed by atoms with Crippen LogP contribution in [0.5, 0.6) is 0 Å². The van der Waals surface area contributed by atoms with Gasteiger partial charge in [0.2, 0.25) is 0 Å². The van der Waals surface area contributed by atoms with E-state index >= 15 is 0 Å². The molecule has 1 aliphatic rings. The molecule has 3 N–H and O–H groups in total. The van der Waals surface area contributed by atoms with E-state index in [9.17, 15) is 4.79 Å². The minimum absolute atomic E-state index is 0. The highest BCUT2D eigenvalue weighted by molar-refractivity contribution is 14.0. The molecule has 1 unspecified atom stereocenters. The van der Waals surface area contributed by atoms with Gasteiger partial charge in [0, 0.05) is 38.8 Å². The van der Waals surface area contributed by atoms with Crippen LogP contribution in [-0.2, 0) is 4.74 Å². The third-order valence-corrected chi connectivity index (χ3v) is 5.20. The van der Waals surface area contributed by atoms with Crippen LogP contribution in [0.15, 0.2) is 4.99 Å². The van der Waals surface area contributed by atoms with Crippen LogP contribution in [0.1, 0.15) is 66.7 Å². The lowest BCUT2D eigenvalue weighted by Gasteiger charge is -2.24. The second-order valence-corrected chi connectivity index (χ2v) is 9.48. The molecule has 1 saturated heterocycles. The van der Waals surface area contributed by atoms with E-state index in [4.69, 9.17) is 9.73 Å². The Morgan fingerprint density at radius 3 is 2.50 bits per heavy atom. The predicted octanol–water partition coefficient (Wildman–Crippen LogP) is 3.27. The lowest BCUT2D eigenvalue weighted by molar-refractivity contribution is 0.0522. The van der Waals surface area contributed by atoms with Crippen LogP contribution in [0.3, 0.4) is 0 Å². The number of alkyl carbamates (subject to hydrolysis) is 1. The molecule has 0 aliphatic carbocycles. The number of amides is 1. The first-order chi connectivity index (χ1) is 14.7. The number of guanidine groups is 1. The second-order valence-electron chi connectivity index (χ2n) is 9.48. The Balaban J connectivity index is 0.00000961. The van der Waals surface area contributed by atoms with Gasteiger partial charge >= 0.3 is 6.09 Å². The molecule has 0 saturated carbocycles. The van der Waals surface area contributed by atoms with E-state index < -0.39 is 5.60 Å². The van der Waals surface area contributed by atoms with E-state index in [0.29, 0.717) is 6.54 Å². The average molecular weight is 569 g/mol. The molecule has 0 aromatic rings. The first-order valence-corrected chi connectivity index (χ1v) is 12.2. The van der Waals surface area contributed by atoms with Gasteiger partial charge in [-0.3, -0.25) is 4.99 Å². The van der Waals surface area contributed by atoms with Gasteiger partial charge in [-0.2, -0.15) is 0 Å². The first-order valence-electron chi connectivity index (χ1n) is 12.2. The smallest absolute Gasteiger partial charge is 0.407 e. The minimum atomic E-state index is -0.490. The summed E-state index contributed by atoms with van der Waals surface area (Å²) in [6, 6.07) is 0.117. The van der Waals surface area contributed by atoms with Crippen molar-refractivity contribution in [2.45, 2.75) is 78.4 Å². The van der Waals surface area contributed by atoms with Crippen molar-refractivity contribution >= 4 is 36.0 Å². The van der Waals surface area contributed by atoms with Gasteiger partial charge in [-0.25, -0.2) is 4.79 Å². The Labute approximate surface area is 213 Å². The minimum Gasteiger partial charge on any atom is -0.444 e. The van der Waals surface area contributed by atoms with Crippen LogP contribution in [-0.4, -0.2) is 92.9 Å². The van der Waals surface area contributed by atoms with Crippen molar-refractivity contribution in [1.29, 1.82) is 0 Å². The molecule has 9 heteroatoms. The molecule has 1 atom stereocenters. The molecular weight excluding hydrogens is 519 g/mol. The molecule has 0 bridgehead atoms. The van der Waals surface area contributed by atoms with Gasteiger partial charge < -0.3 is 30.5 Å². The fourth-order valence-corrected chi connectivity index (χ4v) is 3.52. The van der Waals surface area contributed by atoms with Crippen molar-refractivity contribution in [1.82, 2.24) is 25.8 Å². The molecule has 190 valence electrons. The maximum Gasteiger partial charge on any atom is 0.407 e. The van der Waals surface area contributed by atoms with Gasteiger partial charge in [-0.05, 0) is 73.6 Å². The van der Waals surface area contributed by atoms with Crippen molar-refractivity contribution in [2.24, 2.45) is 4.99 Å². The highest BCUT2D eigenvalue weighted by Gasteiger charge is 2.18. The molecule has 0 aromatic carbocycles. The Bertz CT molecular complexity index is 527. The summed E-state index contributed by atoms with van der Waals surface area (Å²) in [6.07, 6.45) is 5.10. The summed E-state index contributed by atoms with van der Waals surface area (Å²) >= 11 is 0. The largest absolute Gasteiger partial charge is 0.444 e. The van der Waals surface area contributed by atoms with Gasteiger partial charge in [-0.1, -0.05) is 19.8 Å². The Kier molecular flexibility index (Phi) is 17.2. The summed E-state index contributed by atoms with van der Waals surface area (Å²) in [5, 5.41) is 9.75. The number of nitrogens with one attached hydrogen (secondary N) is 3. The number of carbonyl (C=O) groups excluding carboxylic acids is 1. The van der Waals surface area contributed by atoms with Crippen molar-refractivity contribution in [2.75, 3.05) is 59.4 Å². The fourth-order valence-electron chi connectivity index (χ4n) is 3.52. The highest BCUT2D eigenvalue weighted by Crippen LogP contribution is 2.07. The number of ether oxygens (including phenoxy) is 1. The maximum absolute atomic E-state index is 12.0. The number of hydrogen-bond acceptors (Lipinski definition) is 5. The molecule has 0 radical (unpaired) electrons. The SMILES string of the molecule is CCCCC(CNC(=O)OC(C)(C)C)NC(=NCCCN1CCCN(C)CC1)NCC.I. The fraction of sp³-hybridized carbons (Fsp3) is 0.913. The van der Waals surface area contributed by atoms with Gasteiger partial charge in [-0.15, -0.1) is 24.0 Å². The van der Waals surface area contributed by atoms with E-state index in [1.54, 1.807) is 0 Å². The lowest BCUT2D eigenvalue weighted by atomic mass is 10.1. The molecule has 32 heavy (non-hydrogen) atoms. The van der Waals surface area contributed by atoms with Gasteiger partial charge in [0.1, 0.15) is 5.60 Å². The normalized spacial score (nSPS) is 17.1. The number of halogens is 1. The average Bonchev–Trinajstić information content (AvgIpc) is 2.90. The molecular formula is C23H49IN6O2. The number of nitrogens with zero attached hydrogens (tertiary/aromatic N) is 3. The van der Waals surface area contributed by atoms with Crippen LogP contribution in [0.2, 0.25) is 0 Å². The van der Waals surface area contributed by atoms with E-state index in [-0.39, 0.29) is 36.1 Å². The third-order valence-electron chi connectivity index (χ3n) is 5.20. The zero-order chi connectivity index (χ0) is 23.1. The number of unbranched alkanes of at least 4 members (excludes halogenated alkanes) is 1. The van der Waals surface area contributed by atoms with E-state index in [1.807, 2.05) is 20.8 Å². The Morgan fingerprint density at radius 1 is 1.09 bits per heavy atom. The zero-order valence-corrected chi connectivity index (χ0v) is 23.7. The summed E-state index contributed by atoms with van der Waals surface area (Å²) in [6.45, 7) is 17.8. The Morgan fingerprint density at radius 2 is 1.84 bits per heavy atom. The summed E-state index contributed by atoms with van der Waals surface area (Å²) < 4.78 is 5.37. The van der Waals surface area contributed by atoms with Crippen LogP contribution in [0.25, 0.3) is 0 Å². The molecule has 0 aromatic heterocycles. The molecule has 1 fully saturated rings. The van der Waals surface area contributed by atoms with Crippen molar-refractivity contribution in [3.05, 3.63) is 0 Å². The summed E-state index contributed by atoms with van der Waals surface area (Å²) in [5.41, 5.74) is -0.490. The topological polar surface area (TPSA) is 81.2 Å². The third kappa shape index (κ3) is 15.9. The quantitative estimate of drug-likeness (QED) is 0.154.